The Hall–Kier alpha value is -1.26. The summed E-state index contributed by atoms with van der Waals surface area (Å²) in [6.45, 7) is 7.39. The Morgan fingerprint density at radius 2 is 1.95 bits per heavy atom. The third kappa shape index (κ3) is 4.89. The number of ether oxygens (including phenoxy) is 1. The van der Waals surface area contributed by atoms with E-state index in [1.54, 1.807) is 30.4 Å². The average Bonchev–Trinajstić information content (AvgIpc) is 2.47. The van der Waals surface area contributed by atoms with E-state index >= 15 is 0 Å². The van der Waals surface area contributed by atoms with Crippen molar-refractivity contribution in [3.63, 3.8) is 0 Å². The second-order valence-corrected chi connectivity index (χ2v) is 4.44. The Bertz CT molecular complexity index is 579. The number of benzene rings is 1. The van der Waals surface area contributed by atoms with Crippen LogP contribution in [0, 0.1) is 6.08 Å². The number of halogens is 2. The topological polar surface area (TPSA) is 12.5 Å². The fourth-order valence-corrected chi connectivity index (χ4v) is 1.98. The van der Waals surface area contributed by atoms with Crippen molar-refractivity contribution in [3.05, 3.63) is 73.0 Å². The molecule has 0 unspecified atom stereocenters. The first-order chi connectivity index (χ1) is 10.1. The second kappa shape index (κ2) is 9.01. The van der Waals surface area contributed by atoms with E-state index in [-0.39, 0.29) is 32.7 Å². The van der Waals surface area contributed by atoms with Crippen molar-refractivity contribution >= 4 is 5.70 Å². The van der Waals surface area contributed by atoms with Gasteiger partial charge < -0.3 is 9.64 Å². The van der Waals surface area contributed by atoms with Crippen molar-refractivity contribution in [1.29, 1.82) is 0 Å². The van der Waals surface area contributed by atoms with Crippen LogP contribution in [0.15, 0.2) is 61.3 Å². The molecule has 0 amide bonds. The summed E-state index contributed by atoms with van der Waals surface area (Å²) >= 11 is 0. The van der Waals surface area contributed by atoms with Gasteiger partial charge in [0.1, 0.15) is 12.4 Å². The van der Waals surface area contributed by atoms with Gasteiger partial charge in [0.2, 0.25) is 0 Å². The van der Waals surface area contributed by atoms with Gasteiger partial charge in [-0.2, -0.15) is 12.2 Å². The number of hydrogen-bond acceptors (Lipinski definition) is 2. The molecule has 0 saturated heterocycles. The minimum atomic E-state index is -2.44. The predicted octanol–water partition coefficient (Wildman–Crippen LogP) is 4.04. The van der Waals surface area contributed by atoms with Crippen molar-refractivity contribution in [3.8, 4) is 5.75 Å². The molecule has 1 heterocycles. The van der Waals surface area contributed by atoms with E-state index in [1.165, 1.54) is 4.90 Å². The third-order valence-electron chi connectivity index (χ3n) is 2.93. The first-order valence-electron chi connectivity index (χ1n) is 6.50. The van der Waals surface area contributed by atoms with Gasteiger partial charge in [0, 0.05) is 32.7 Å². The summed E-state index contributed by atoms with van der Waals surface area (Å²) < 4.78 is 30.8. The maximum Gasteiger partial charge on any atom is 0.256 e. The van der Waals surface area contributed by atoms with E-state index in [4.69, 9.17) is 4.74 Å². The summed E-state index contributed by atoms with van der Waals surface area (Å²) in [7, 11) is 0. The summed E-state index contributed by atoms with van der Waals surface area (Å²) in [6, 6.07) is 7.20. The van der Waals surface area contributed by atoms with Gasteiger partial charge in [-0.25, -0.2) is 8.78 Å². The molecule has 0 bridgehead atoms. The molecule has 1 aromatic carbocycles. The van der Waals surface area contributed by atoms with E-state index in [1.807, 2.05) is 12.1 Å². The van der Waals surface area contributed by atoms with Crippen LogP contribution < -0.4 is 4.74 Å². The zero-order valence-corrected chi connectivity index (χ0v) is 15.0. The van der Waals surface area contributed by atoms with E-state index in [0.29, 0.717) is 23.8 Å². The fraction of sp³-hybridized carbons (Fsp3) is 0.176. The van der Waals surface area contributed by atoms with Crippen molar-refractivity contribution in [2.24, 2.45) is 0 Å². The standard InChI is InChI=1S/C17H16F2NO.Y/c1-3-11-21-15-9-7-14(8-10-15)16-6-4-5-13(2)20(16)12-17(18)19;/h3-5,7-10,17H,1-2,11-12H2;/q-1;. The summed E-state index contributed by atoms with van der Waals surface area (Å²) in [6.07, 6.45) is 5.55. The second-order valence-electron chi connectivity index (χ2n) is 4.44. The predicted molar refractivity (Wildman–Crippen MR) is 79.8 cm³/mol. The largest absolute Gasteiger partial charge is 0.490 e. The molecule has 0 saturated carbocycles. The normalized spacial score (nSPS) is 13.7. The van der Waals surface area contributed by atoms with Crippen LogP contribution in [-0.4, -0.2) is 24.5 Å². The van der Waals surface area contributed by atoms with Crippen LogP contribution in [0.3, 0.4) is 0 Å². The van der Waals surface area contributed by atoms with Crippen molar-refractivity contribution in [2.45, 2.75) is 6.43 Å². The Labute approximate surface area is 154 Å². The molecule has 1 aliphatic heterocycles. The Morgan fingerprint density at radius 3 is 2.55 bits per heavy atom. The minimum absolute atomic E-state index is 0. The summed E-state index contributed by atoms with van der Waals surface area (Å²) in [5.41, 5.74) is 1.89. The van der Waals surface area contributed by atoms with Gasteiger partial charge in [-0.05, 0) is 17.8 Å². The zero-order chi connectivity index (χ0) is 15.2. The molecule has 113 valence electrons. The molecule has 0 atom stereocenters. The zero-order valence-electron chi connectivity index (χ0n) is 12.1. The van der Waals surface area contributed by atoms with Gasteiger partial charge in [0.05, 0.1) is 6.54 Å². The first kappa shape index (κ1) is 18.8. The quantitative estimate of drug-likeness (QED) is 0.548. The van der Waals surface area contributed by atoms with Gasteiger partial charge in [0.15, 0.2) is 0 Å². The molecule has 2 nitrogen and oxygen atoms in total. The molecule has 1 aromatic rings. The molecule has 22 heavy (non-hydrogen) atoms. The van der Waals surface area contributed by atoms with Gasteiger partial charge >= 0.3 is 0 Å². The number of allylic oxidation sites excluding steroid dienone is 3. The van der Waals surface area contributed by atoms with Crippen LogP contribution in [0.1, 0.15) is 5.56 Å². The van der Waals surface area contributed by atoms with Gasteiger partial charge in [-0.1, -0.05) is 30.5 Å². The van der Waals surface area contributed by atoms with Crippen molar-refractivity contribution < 1.29 is 46.2 Å². The minimum Gasteiger partial charge on any atom is -0.490 e. The van der Waals surface area contributed by atoms with Crippen LogP contribution in [-0.2, 0) is 32.7 Å². The Morgan fingerprint density at radius 1 is 1.27 bits per heavy atom. The molecule has 2 rings (SSSR count). The summed E-state index contributed by atoms with van der Waals surface area (Å²) in [5.74, 6) is 0.699. The number of rotatable bonds is 6. The van der Waals surface area contributed by atoms with Crippen LogP contribution in [0.25, 0.3) is 5.70 Å². The van der Waals surface area contributed by atoms with Crippen molar-refractivity contribution in [1.82, 2.24) is 4.90 Å². The number of nitrogens with zero attached hydrogens (tertiary/aromatic N) is 1. The Balaban J connectivity index is 0.00000242. The molecule has 0 N–H and O–H groups in total. The SMILES string of the molecule is C=CCOc1ccc(C2=[C-]C=CC(=C)N2CC(F)F)cc1.[Y]. The Kier molecular flexibility index (Phi) is 7.70. The maximum absolute atomic E-state index is 12.7. The third-order valence-corrected chi connectivity index (χ3v) is 2.93. The maximum atomic E-state index is 12.7. The van der Waals surface area contributed by atoms with Crippen LogP contribution in [0.5, 0.6) is 5.75 Å². The molecule has 0 aromatic heterocycles. The first-order valence-corrected chi connectivity index (χ1v) is 6.50. The molecule has 0 aliphatic carbocycles. The van der Waals surface area contributed by atoms with E-state index in [0.717, 1.165) is 5.56 Å². The monoisotopic (exact) mass is 377 g/mol. The summed E-state index contributed by atoms with van der Waals surface area (Å²) in [5, 5.41) is 0. The molecule has 1 radical (unpaired) electrons. The summed E-state index contributed by atoms with van der Waals surface area (Å²) in [4.78, 5) is 1.46. The van der Waals surface area contributed by atoms with Gasteiger partial charge in [-0.3, -0.25) is 0 Å². The fourth-order valence-electron chi connectivity index (χ4n) is 1.98. The smallest absolute Gasteiger partial charge is 0.256 e. The molecular formula is C17H16F2NOY-. The van der Waals surface area contributed by atoms with E-state index in [2.05, 4.69) is 19.2 Å². The van der Waals surface area contributed by atoms with E-state index < -0.39 is 13.0 Å². The molecular weight excluding hydrogens is 361 g/mol. The molecule has 0 fully saturated rings. The number of hydrogen-bond donors (Lipinski definition) is 0. The van der Waals surface area contributed by atoms with Crippen LogP contribution >= 0.6 is 0 Å². The van der Waals surface area contributed by atoms with Gasteiger partial charge in [-0.15, -0.1) is 18.2 Å². The average molecular weight is 377 g/mol. The molecule has 1 aliphatic rings. The van der Waals surface area contributed by atoms with Crippen LogP contribution in [0.4, 0.5) is 8.78 Å². The van der Waals surface area contributed by atoms with Crippen molar-refractivity contribution in [2.75, 3.05) is 13.2 Å². The van der Waals surface area contributed by atoms with Gasteiger partial charge in [0.25, 0.3) is 6.43 Å². The molecule has 0 spiro atoms. The molecule has 5 heteroatoms. The number of alkyl halides is 2. The van der Waals surface area contributed by atoms with Crippen LogP contribution in [0.2, 0.25) is 0 Å². The van der Waals surface area contributed by atoms with E-state index in [9.17, 15) is 8.78 Å².